The van der Waals surface area contributed by atoms with Gasteiger partial charge in [0.15, 0.2) is 11.9 Å². The molecule has 7 heteroatoms. The summed E-state index contributed by atoms with van der Waals surface area (Å²) >= 11 is 0. The molecule has 3 rings (SSSR count). The summed E-state index contributed by atoms with van der Waals surface area (Å²) in [6.07, 6.45) is 8.68. The Morgan fingerprint density at radius 1 is 1.19 bits per heavy atom. The molecule has 0 spiro atoms. The molecule has 0 aromatic heterocycles. The number of carbonyl (C=O) groups is 2. The van der Waals surface area contributed by atoms with E-state index in [1.165, 1.54) is 0 Å². The zero-order chi connectivity index (χ0) is 22.1. The lowest BCUT2D eigenvalue weighted by Gasteiger charge is -2.27. The largest absolute Gasteiger partial charge is 0.492 e. The molecule has 1 heterocycles. The van der Waals surface area contributed by atoms with Crippen molar-refractivity contribution in [3.63, 3.8) is 0 Å². The molecule has 1 atom stereocenters. The molecule has 166 valence electrons. The summed E-state index contributed by atoms with van der Waals surface area (Å²) in [4.78, 5) is 24.0. The van der Waals surface area contributed by atoms with E-state index >= 15 is 0 Å². The lowest BCUT2D eigenvalue weighted by atomic mass is 9.95. The van der Waals surface area contributed by atoms with Crippen molar-refractivity contribution in [3.05, 3.63) is 65.5 Å². The van der Waals surface area contributed by atoms with E-state index in [0.717, 1.165) is 28.9 Å². The van der Waals surface area contributed by atoms with Crippen LogP contribution in [0.1, 0.15) is 32.3 Å². The molecule has 1 aromatic carbocycles. The van der Waals surface area contributed by atoms with Gasteiger partial charge in [-0.05, 0) is 31.0 Å². The molecule has 1 unspecified atom stereocenters. The monoisotopic (exact) mass is 426 g/mol. The van der Waals surface area contributed by atoms with Gasteiger partial charge >= 0.3 is 5.97 Å². The van der Waals surface area contributed by atoms with Gasteiger partial charge in [-0.3, -0.25) is 9.80 Å². The second-order valence-corrected chi connectivity index (χ2v) is 7.30. The Kier molecular flexibility index (Phi) is 8.29. The van der Waals surface area contributed by atoms with Crippen LogP contribution in [-0.2, 0) is 25.5 Å². The van der Waals surface area contributed by atoms with Crippen LogP contribution in [0.2, 0.25) is 0 Å². The summed E-state index contributed by atoms with van der Waals surface area (Å²) in [6, 6.07) is 7.65. The molecular weight excluding hydrogens is 396 g/mol. The highest BCUT2D eigenvalue weighted by molar-refractivity contribution is 6.02. The minimum atomic E-state index is -0.594. The lowest BCUT2D eigenvalue weighted by molar-refractivity contribution is -0.156. The Bertz CT molecular complexity index is 857. The standard InChI is InChI=1S/C24H30N2O5/c1-3-13-31-23(24(28)29-4-2)15-18-8-10-20(11-9-18)30-14-12-26-17-19-6-5-7-22(27)21(19)16-25-26/h5-6,8-11,16-17,23,25H,3-4,7,12-15H2,1-2H3. The molecule has 1 N–H and O–H groups in total. The van der Waals surface area contributed by atoms with Gasteiger partial charge in [0.05, 0.1) is 13.2 Å². The Labute approximate surface area is 183 Å². The number of hydrogen-bond acceptors (Lipinski definition) is 7. The normalized spacial score (nSPS) is 16.1. The molecule has 0 bridgehead atoms. The third-order valence-corrected chi connectivity index (χ3v) is 4.90. The average Bonchev–Trinajstić information content (AvgIpc) is 2.78. The molecule has 31 heavy (non-hydrogen) atoms. The highest BCUT2D eigenvalue weighted by atomic mass is 16.6. The quantitative estimate of drug-likeness (QED) is 0.545. The number of nitrogens with zero attached hydrogens (tertiary/aromatic N) is 1. The van der Waals surface area contributed by atoms with Crippen molar-refractivity contribution in [2.24, 2.45) is 0 Å². The molecular formula is C24H30N2O5. The first-order valence-electron chi connectivity index (χ1n) is 10.8. The Morgan fingerprint density at radius 2 is 2.00 bits per heavy atom. The van der Waals surface area contributed by atoms with Gasteiger partial charge in [0.25, 0.3) is 0 Å². The Hall–Kier alpha value is -3.06. The van der Waals surface area contributed by atoms with Gasteiger partial charge in [-0.1, -0.05) is 31.2 Å². The number of benzene rings is 1. The minimum Gasteiger partial charge on any atom is -0.492 e. The van der Waals surface area contributed by atoms with E-state index in [2.05, 4.69) is 5.43 Å². The van der Waals surface area contributed by atoms with Gasteiger partial charge in [-0.25, -0.2) is 4.79 Å². The van der Waals surface area contributed by atoms with Crippen LogP contribution in [0.3, 0.4) is 0 Å². The number of allylic oxidation sites excluding steroid dienone is 4. The zero-order valence-corrected chi connectivity index (χ0v) is 18.1. The third kappa shape index (κ3) is 6.46. The highest BCUT2D eigenvalue weighted by Crippen LogP contribution is 2.22. The van der Waals surface area contributed by atoms with Crippen molar-refractivity contribution in [2.45, 2.75) is 39.2 Å². The van der Waals surface area contributed by atoms with Crippen molar-refractivity contribution < 1.29 is 23.8 Å². The topological polar surface area (TPSA) is 77.1 Å². The van der Waals surface area contributed by atoms with E-state index in [-0.39, 0.29) is 11.8 Å². The summed E-state index contributed by atoms with van der Waals surface area (Å²) in [7, 11) is 0. The summed E-state index contributed by atoms with van der Waals surface area (Å²) < 4.78 is 16.6. The number of hydrogen-bond donors (Lipinski definition) is 1. The first-order chi connectivity index (χ1) is 15.1. The van der Waals surface area contributed by atoms with E-state index < -0.39 is 6.10 Å². The summed E-state index contributed by atoms with van der Waals surface area (Å²) in [5, 5.41) is 1.89. The molecule has 2 aliphatic rings. The van der Waals surface area contributed by atoms with Crippen LogP contribution < -0.4 is 10.2 Å². The summed E-state index contributed by atoms with van der Waals surface area (Å²) in [5.41, 5.74) is 5.73. The number of ketones is 1. The Balaban J connectivity index is 1.48. The molecule has 0 amide bonds. The van der Waals surface area contributed by atoms with Gasteiger partial charge in [0, 0.05) is 43.0 Å². The lowest BCUT2D eigenvalue weighted by Crippen LogP contribution is -2.37. The van der Waals surface area contributed by atoms with Crippen LogP contribution in [0.25, 0.3) is 0 Å². The first-order valence-corrected chi connectivity index (χ1v) is 10.8. The van der Waals surface area contributed by atoms with Crippen LogP contribution in [0.5, 0.6) is 5.75 Å². The van der Waals surface area contributed by atoms with Crippen molar-refractivity contribution in [2.75, 3.05) is 26.4 Å². The van der Waals surface area contributed by atoms with Crippen LogP contribution in [0, 0.1) is 0 Å². The fourth-order valence-electron chi connectivity index (χ4n) is 3.32. The predicted molar refractivity (Wildman–Crippen MR) is 117 cm³/mol. The average molecular weight is 427 g/mol. The molecule has 0 saturated heterocycles. The summed E-state index contributed by atoms with van der Waals surface area (Å²) in [5.74, 6) is 0.549. The van der Waals surface area contributed by atoms with Crippen LogP contribution >= 0.6 is 0 Å². The van der Waals surface area contributed by atoms with Gasteiger partial charge in [0.1, 0.15) is 12.4 Å². The number of carbonyl (C=O) groups excluding carboxylic acids is 2. The van der Waals surface area contributed by atoms with E-state index in [1.54, 1.807) is 13.1 Å². The fourth-order valence-corrected chi connectivity index (χ4v) is 3.32. The van der Waals surface area contributed by atoms with Crippen LogP contribution in [0.15, 0.2) is 60.0 Å². The molecule has 7 nitrogen and oxygen atoms in total. The van der Waals surface area contributed by atoms with E-state index in [9.17, 15) is 9.59 Å². The molecule has 1 aliphatic heterocycles. The van der Waals surface area contributed by atoms with Crippen LogP contribution in [0.4, 0.5) is 0 Å². The van der Waals surface area contributed by atoms with E-state index in [0.29, 0.717) is 39.2 Å². The second-order valence-electron chi connectivity index (χ2n) is 7.30. The van der Waals surface area contributed by atoms with E-state index in [1.807, 2.05) is 54.6 Å². The van der Waals surface area contributed by atoms with Gasteiger partial charge in [-0.15, -0.1) is 0 Å². The second kappa shape index (κ2) is 11.4. The van der Waals surface area contributed by atoms with Crippen LogP contribution in [-0.4, -0.2) is 49.2 Å². The van der Waals surface area contributed by atoms with Gasteiger partial charge < -0.3 is 19.6 Å². The number of Topliss-reactive ketones (excluding diaryl/α,β-unsaturated/α-hetero) is 1. The number of ether oxygens (including phenoxy) is 3. The molecule has 0 radical (unpaired) electrons. The van der Waals surface area contributed by atoms with Crippen molar-refractivity contribution in [3.8, 4) is 5.75 Å². The van der Waals surface area contributed by atoms with Gasteiger partial charge in [-0.2, -0.15) is 0 Å². The Morgan fingerprint density at radius 3 is 2.74 bits per heavy atom. The number of fused-ring (bicyclic) bond motifs is 1. The first kappa shape index (κ1) is 22.6. The molecule has 0 fully saturated rings. The predicted octanol–water partition coefficient (Wildman–Crippen LogP) is 3.08. The number of rotatable bonds is 11. The maximum atomic E-state index is 12.1. The minimum absolute atomic E-state index is 0.127. The number of esters is 1. The fraction of sp³-hybridized carbons (Fsp3) is 0.417. The number of nitrogens with one attached hydrogen (secondary N) is 1. The molecule has 1 aromatic rings. The molecule has 0 saturated carbocycles. The SMILES string of the molecule is CCCOC(Cc1ccc(OCCN2C=C3C=CCC(=O)C3=CN2)cc1)C(=O)OCC. The zero-order valence-electron chi connectivity index (χ0n) is 18.1. The smallest absolute Gasteiger partial charge is 0.335 e. The van der Waals surface area contributed by atoms with Crippen molar-refractivity contribution in [1.29, 1.82) is 0 Å². The van der Waals surface area contributed by atoms with E-state index in [4.69, 9.17) is 14.2 Å². The maximum absolute atomic E-state index is 12.1. The van der Waals surface area contributed by atoms with Crippen molar-refractivity contribution in [1.82, 2.24) is 10.4 Å². The maximum Gasteiger partial charge on any atom is 0.335 e. The highest BCUT2D eigenvalue weighted by Gasteiger charge is 2.21. The van der Waals surface area contributed by atoms with Crippen molar-refractivity contribution >= 4 is 11.8 Å². The number of hydrazine groups is 1. The molecule has 1 aliphatic carbocycles. The van der Waals surface area contributed by atoms with Gasteiger partial charge in [0.2, 0.25) is 0 Å². The summed E-state index contributed by atoms with van der Waals surface area (Å²) in [6.45, 7) is 5.74. The third-order valence-electron chi connectivity index (χ3n) is 4.90.